The molecule has 0 spiro atoms. The van der Waals surface area contributed by atoms with Crippen molar-refractivity contribution in [2.45, 2.75) is 26.4 Å². The third-order valence-electron chi connectivity index (χ3n) is 4.08. The number of ether oxygens (including phenoxy) is 2. The predicted octanol–water partition coefficient (Wildman–Crippen LogP) is 3.47. The van der Waals surface area contributed by atoms with Gasteiger partial charge in [0, 0.05) is 11.1 Å². The van der Waals surface area contributed by atoms with E-state index in [1.807, 2.05) is 36.6 Å². The molecule has 0 aliphatic carbocycles. The molecule has 0 saturated heterocycles. The Morgan fingerprint density at radius 3 is 2.40 bits per heavy atom. The van der Waals surface area contributed by atoms with Crippen LogP contribution in [0.5, 0.6) is 11.5 Å². The summed E-state index contributed by atoms with van der Waals surface area (Å²) in [5.74, 6) is 0.823. The van der Waals surface area contributed by atoms with Gasteiger partial charge in [-0.05, 0) is 43.3 Å². The van der Waals surface area contributed by atoms with E-state index < -0.39 is 5.91 Å². The van der Waals surface area contributed by atoms with Gasteiger partial charge in [-0.2, -0.15) is 0 Å². The largest absolute Gasteiger partial charge is 0.493 e. The number of amides is 2. The summed E-state index contributed by atoms with van der Waals surface area (Å²) in [4.78, 5) is 27.4. The van der Waals surface area contributed by atoms with E-state index in [1.165, 1.54) is 16.9 Å². The second-order valence-electron chi connectivity index (χ2n) is 6.65. The number of aromatic nitrogens is 1. The van der Waals surface area contributed by atoms with Gasteiger partial charge in [-0.25, -0.2) is 4.98 Å². The molecule has 2 aromatic carbocycles. The Balaban J connectivity index is 1.44. The van der Waals surface area contributed by atoms with Crippen molar-refractivity contribution in [1.29, 1.82) is 0 Å². The molecule has 3 rings (SSSR count). The zero-order chi connectivity index (χ0) is 21.3. The number of nitrogens with zero attached hydrogens (tertiary/aromatic N) is 1. The Kier molecular flexibility index (Phi) is 7.40. The molecular weight excluding hydrogens is 402 g/mol. The second-order valence-corrected chi connectivity index (χ2v) is 7.59. The number of hydrogen-bond donors (Lipinski definition) is 2. The molecule has 8 heteroatoms. The highest BCUT2D eigenvalue weighted by molar-refractivity contribution is 7.09. The van der Waals surface area contributed by atoms with Crippen LogP contribution < -0.4 is 20.5 Å². The molecule has 7 nitrogen and oxygen atoms in total. The lowest BCUT2D eigenvalue weighted by Crippen LogP contribution is -2.15. The van der Waals surface area contributed by atoms with E-state index in [9.17, 15) is 9.59 Å². The highest BCUT2D eigenvalue weighted by Crippen LogP contribution is 2.18. The molecule has 30 heavy (non-hydrogen) atoms. The molecule has 0 fully saturated rings. The number of primary amides is 1. The fourth-order valence-corrected chi connectivity index (χ4v) is 3.25. The topological polar surface area (TPSA) is 104 Å². The summed E-state index contributed by atoms with van der Waals surface area (Å²) < 4.78 is 11.1. The number of aryl methyl sites for hydroxylation is 1. The van der Waals surface area contributed by atoms with Gasteiger partial charge in [0.2, 0.25) is 11.8 Å². The SMILES string of the molecule is Cc1ccc(OCc2nc(CC(=O)Nc3ccc(OCCC(N)=O)cc3)cs2)cc1. The summed E-state index contributed by atoms with van der Waals surface area (Å²) in [7, 11) is 0. The minimum atomic E-state index is -0.411. The maximum atomic E-state index is 12.3. The number of nitrogens with two attached hydrogens (primary N) is 1. The molecule has 1 aromatic heterocycles. The summed E-state index contributed by atoms with van der Waals surface area (Å²) in [5, 5.41) is 5.51. The summed E-state index contributed by atoms with van der Waals surface area (Å²) >= 11 is 1.47. The normalized spacial score (nSPS) is 10.4. The highest BCUT2D eigenvalue weighted by Gasteiger charge is 2.09. The minimum Gasteiger partial charge on any atom is -0.493 e. The average molecular weight is 426 g/mol. The summed E-state index contributed by atoms with van der Waals surface area (Å²) in [6.07, 6.45) is 0.335. The van der Waals surface area contributed by atoms with Crippen molar-refractivity contribution in [1.82, 2.24) is 4.98 Å². The molecular formula is C22H23N3O4S. The molecule has 3 N–H and O–H groups in total. The standard InChI is InChI=1S/C22H23N3O4S/c1-15-2-6-19(7-3-15)29-13-22-25-17(14-30-22)12-21(27)24-16-4-8-18(9-5-16)28-11-10-20(23)26/h2-9,14H,10-13H2,1H3,(H2,23,26)(H,24,27). The molecule has 0 radical (unpaired) electrons. The quantitative estimate of drug-likeness (QED) is 0.518. The van der Waals surface area contributed by atoms with Crippen LogP contribution >= 0.6 is 11.3 Å². The zero-order valence-corrected chi connectivity index (χ0v) is 17.4. The fraction of sp³-hybridized carbons (Fsp3) is 0.227. The van der Waals surface area contributed by atoms with Gasteiger partial charge in [0.15, 0.2) is 0 Å². The maximum Gasteiger partial charge on any atom is 0.230 e. The lowest BCUT2D eigenvalue weighted by atomic mass is 10.2. The first-order valence-corrected chi connectivity index (χ1v) is 10.3. The van der Waals surface area contributed by atoms with Crippen molar-refractivity contribution in [3.63, 3.8) is 0 Å². The van der Waals surface area contributed by atoms with Crippen LogP contribution in [0.15, 0.2) is 53.9 Å². The molecule has 3 aromatic rings. The molecule has 2 amide bonds. The summed E-state index contributed by atoms with van der Waals surface area (Å²) in [5.41, 5.74) is 7.60. The summed E-state index contributed by atoms with van der Waals surface area (Å²) in [6, 6.07) is 14.7. The Labute approximate surface area is 178 Å². The Bertz CT molecular complexity index is 984. The van der Waals surface area contributed by atoms with Crippen LogP contribution in [0.3, 0.4) is 0 Å². The number of thiazole rings is 1. The van der Waals surface area contributed by atoms with Crippen molar-refractivity contribution in [2.24, 2.45) is 5.73 Å². The van der Waals surface area contributed by atoms with Crippen molar-refractivity contribution in [2.75, 3.05) is 11.9 Å². The Hall–Kier alpha value is -3.39. The van der Waals surface area contributed by atoms with E-state index in [0.717, 1.165) is 10.8 Å². The van der Waals surface area contributed by atoms with E-state index >= 15 is 0 Å². The van der Waals surface area contributed by atoms with Crippen LogP contribution in [-0.4, -0.2) is 23.4 Å². The minimum absolute atomic E-state index is 0.157. The zero-order valence-electron chi connectivity index (χ0n) is 16.6. The first-order valence-electron chi connectivity index (χ1n) is 9.42. The predicted molar refractivity (Wildman–Crippen MR) is 116 cm³/mol. The van der Waals surface area contributed by atoms with Crippen LogP contribution in [0.2, 0.25) is 0 Å². The van der Waals surface area contributed by atoms with Gasteiger partial charge >= 0.3 is 0 Å². The van der Waals surface area contributed by atoms with E-state index in [4.69, 9.17) is 15.2 Å². The number of benzene rings is 2. The van der Waals surface area contributed by atoms with Gasteiger partial charge in [0.25, 0.3) is 0 Å². The number of hydrogen-bond acceptors (Lipinski definition) is 6. The molecule has 0 bridgehead atoms. The number of rotatable bonds is 10. The van der Waals surface area contributed by atoms with Crippen LogP contribution in [-0.2, 0) is 22.6 Å². The number of anilines is 1. The lowest BCUT2D eigenvalue weighted by molar-refractivity contribution is -0.118. The second kappa shape index (κ2) is 10.4. The Morgan fingerprint density at radius 2 is 1.70 bits per heavy atom. The van der Waals surface area contributed by atoms with Crippen molar-refractivity contribution in [3.8, 4) is 11.5 Å². The highest BCUT2D eigenvalue weighted by atomic mass is 32.1. The van der Waals surface area contributed by atoms with Gasteiger partial charge in [-0.3, -0.25) is 9.59 Å². The van der Waals surface area contributed by atoms with E-state index in [1.54, 1.807) is 24.3 Å². The Morgan fingerprint density at radius 1 is 1.03 bits per heavy atom. The van der Waals surface area contributed by atoms with Gasteiger partial charge in [0.1, 0.15) is 23.1 Å². The monoisotopic (exact) mass is 425 g/mol. The number of nitrogens with one attached hydrogen (secondary N) is 1. The fourth-order valence-electron chi connectivity index (χ4n) is 2.55. The van der Waals surface area contributed by atoms with Crippen LogP contribution in [0, 0.1) is 6.92 Å². The molecule has 1 heterocycles. The van der Waals surface area contributed by atoms with Crippen molar-refractivity contribution in [3.05, 3.63) is 70.2 Å². The van der Waals surface area contributed by atoms with Crippen molar-refractivity contribution >= 4 is 28.8 Å². The molecule has 0 atom stereocenters. The van der Waals surface area contributed by atoms with E-state index in [2.05, 4.69) is 10.3 Å². The first kappa shape index (κ1) is 21.3. The molecule has 156 valence electrons. The first-order chi connectivity index (χ1) is 14.5. The van der Waals surface area contributed by atoms with Crippen LogP contribution in [0.1, 0.15) is 22.7 Å². The van der Waals surface area contributed by atoms with Gasteiger partial charge in [0.05, 0.1) is 25.1 Å². The van der Waals surface area contributed by atoms with E-state index in [0.29, 0.717) is 23.7 Å². The van der Waals surface area contributed by atoms with Crippen LogP contribution in [0.25, 0.3) is 0 Å². The third-order valence-corrected chi connectivity index (χ3v) is 4.95. The molecule has 0 aliphatic rings. The number of carbonyl (C=O) groups is 2. The summed E-state index contributed by atoms with van der Waals surface area (Å²) in [6.45, 7) is 2.62. The maximum absolute atomic E-state index is 12.3. The molecule has 0 saturated carbocycles. The van der Waals surface area contributed by atoms with Gasteiger partial charge < -0.3 is 20.5 Å². The van der Waals surface area contributed by atoms with Gasteiger partial charge in [-0.15, -0.1) is 11.3 Å². The van der Waals surface area contributed by atoms with E-state index in [-0.39, 0.29) is 25.4 Å². The number of carbonyl (C=O) groups excluding carboxylic acids is 2. The average Bonchev–Trinajstić information content (AvgIpc) is 3.16. The van der Waals surface area contributed by atoms with Gasteiger partial charge in [-0.1, -0.05) is 17.7 Å². The molecule has 0 unspecified atom stereocenters. The third kappa shape index (κ3) is 6.89. The van der Waals surface area contributed by atoms with Crippen molar-refractivity contribution < 1.29 is 19.1 Å². The smallest absolute Gasteiger partial charge is 0.230 e. The van der Waals surface area contributed by atoms with Crippen LogP contribution in [0.4, 0.5) is 5.69 Å². The molecule has 0 aliphatic heterocycles. The lowest BCUT2D eigenvalue weighted by Gasteiger charge is -2.07.